The highest BCUT2D eigenvalue weighted by Crippen LogP contribution is 2.24. The van der Waals surface area contributed by atoms with Crippen molar-refractivity contribution in [2.24, 2.45) is 0 Å². The summed E-state index contributed by atoms with van der Waals surface area (Å²) in [5.41, 5.74) is 0.649. The summed E-state index contributed by atoms with van der Waals surface area (Å²) < 4.78 is 25.7. The maximum atomic E-state index is 12.6. The molecule has 3 rings (SSSR count). The Hall–Kier alpha value is -1.93. The Morgan fingerprint density at radius 2 is 1.61 bits per heavy atom. The molecule has 154 valence electrons. The van der Waals surface area contributed by atoms with Gasteiger partial charge in [0.25, 0.3) is 5.91 Å². The van der Waals surface area contributed by atoms with Crippen molar-refractivity contribution in [2.75, 3.05) is 12.3 Å². The molecule has 0 aromatic heterocycles. The van der Waals surface area contributed by atoms with Crippen molar-refractivity contribution >= 4 is 21.8 Å². The van der Waals surface area contributed by atoms with E-state index in [0.717, 1.165) is 32.1 Å². The van der Waals surface area contributed by atoms with Crippen LogP contribution in [0.2, 0.25) is 0 Å². The minimum absolute atomic E-state index is 0.0169. The first kappa shape index (κ1) is 20.8. The lowest BCUT2D eigenvalue weighted by atomic mass is 9.90. The normalized spacial score (nSPS) is 26.0. The summed E-state index contributed by atoms with van der Waals surface area (Å²) in [5, 5.41) is 6.09. The molecule has 1 heterocycles. The molecule has 2 N–H and O–H groups in total. The Balaban J connectivity index is 1.48. The molecule has 28 heavy (non-hydrogen) atoms. The van der Waals surface area contributed by atoms with Gasteiger partial charge in [-0.2, -0.15) is 4.31 Å². The molecule has 0 radical (unpaired) electrons. The van der Waals surface area contributed by atoms with E-state index in [0.29, 0.717) is 18.5 Å². The summed E-state index contributed by atoms with van der Waals surface area (Å²) in [6.07, 6.45) is 4.44. The lowest BCUT2D eigenvalue weighted by Gasteiger charge is -2.31. The largest absolute Gasteiger partial charge is 0.352 e. The van der Waals surface area contributed by atoms with Gasteiger partial charge < -0.3 is 10.6 Å². The van der Waals surface area contributed by atoms with Crippen LogP contribution in [-0.4, -0.2) is 55.0 Å². The van der Waals surface area contributed by atoms with Crippen molar-refractivity contribution < 1.29 is 18.0 Å². The van der Waals surface area contributed by atoms with Crippen LogP contribution < -0.4 is 10.6 Å². The van der Waals surface area contributed by atoms with Crippen molar-refractivity contribution in [3.05, 3.63) is 35.9 Å². The van der Waals surface area contributed by atoms with Crippen LogP contribution in [0.3, 0.4) is 0 Å². The first-order chi connectivity index (χ1) is 13.4. The third-order valence-electron chi connectivity index (χ3n) is 5.67. The van der Waals surface area contributed by atoms with Crippen LogP contribution in [0.25, 0.3) is 0 Å². The fraction of sp³-hybridized carbons (Fsp3) is 0.600. The van der Waals surface area contributed by atoms with Gasteiger partial charge in [0.05, 0.1) is 5.75 Å². The van der Waals surface area contributed by atoms with Crippen LogP contribution in [-0.2, 0) is 14.8 Å². The molecule has 1 atom stereocenters. The number of carbonyl (C=O) groups excluding carboxylic acids is 2. The van der Waals surface area contributed by atoms with E-state index < -0.39 is 16.1 Å². The zero-order valence-corrected chi connectivity index (χ0v) is 17.1. The van der Waals surface area contributed by atoms with Crippen LogP contribution in [0.1, 0.15) is 55.8 Å². The predicted molar refractivity (Wildman–Crippen MR) is 107 cm³/mol. The number of sulfonamides is 1. The molecule has 1 saturated carbocycles. The third kappa shape index (κ3) is 4.91. The van der Waals surface area contributed by atoms with Crippen molar-refractivity contribution in [1.29, 1.82) is 0 Å². The Morgan fingerprint density at radius 3 is 2.21 bits per heavy atom. The van der Waals surface area contributed by atoms with E-state index in [9.17, 15) is 18.0 Å². The molecule has 2 amide bonds. The number of nitrogens with zero attached hydrogens (tertiary/aromatic N) is 1. The second kappa shape index (κ2) is 9.05. The first-order valence-electron chi connectivity index (χ1n) is 10.1. The number of rotatable bonds is 6. The molecule has 1 aliphatic heterocycles. The van der Waals surface area contributed by atoms with E-state index in [2.05, 4.69) is 10.6 Å². The van der Waals surface area contributed by atoms with Gasteiger partial charge in [0.15, 0.2) is 0 Å². The molecular formula is C20H29N3O4S. The number of carbonyl (C=O) groups is 2. The summed E-state index contributed by atoms with van der Waals surface area (Å²) >= 11 is 0. The van der Waals surface area contributed by atoms with Gasteiger partial charge in [-0.15, -0.1) is 0 Å². The standard InChI is InChI=1S/C20H29N3O4S/c1-2-28(26,27)23-14-6-9-18(23)20(25)22-17-12-10-16(11-13-17)21-19(24)15-7-4-3-5-8-15/h3-5,7-8,16-18H,2,6,9-14H2,1H3,(H,21,24)(H,22,25)/t16?,17?,18-/m1/s1. The highest BCUT2D eigenvalue weighted by atomic mass is 32.2. The van der Waals surface area contributed by atoms with Gasteiger partial charge in [-0.05, 0) is 57.6 Å². The summed E-state index contributed by atoms with van der Waals surface area (Å²) in [6, 6.07) is 8.69. The number of amides is 2. The lowest BCUT2D eigenvalue weighted by molar-refractivity contribution is -0.125. The van der Waals surface area contributed by atoms with Gasteiger partial charge in [0, 0.05) is 24.2 Å². The van der Waals surface area contributed by atoms with E-state index in [1.165, 1.54) is 4.31 Å². The Kier molecular flexibility index (Phi) is 6.72. The topological polar surface area (TPSA) is 95.6 Å². The summed E-state index contributed by atoms with van der Waals surface area (Å²) in [7, 11) is -3.36. The second-order valence-electron chi connectivity index (χ2n) is 7.57. The van der Waals surface area contributed by atoms with Crippen molar-refractivity contribution in [3.8, 4) is 0 Å². The zero-order valence-electron chi connectivity index (χ0n) is 16.3. The van der Waals surface area contributed by atoms with Crippen molar-refractivity contribution in [1.82, 2.24) is 14.9 Å². The van der Waals surface area contributed by atoms with E-state index in [4.69, 9.17) is 0 Å². The summed E-state index contributed by atoms with van der Waals surface area (Å²) in [4.78, 5) is 24.9. The molecule has 1 aliphatic carbocycles. The van der Waals surface area contributed by atoms with Crippen LogP contribution in [0.4, 0.5) is 0 Å². The smallest absolute Gasteiger partial charge is 0.251 e. The molecule has 1 aromatic rings. The third-order valence-corrected chi connectivity index (χ3v) is 7.55. The summed E-state index contributed by atoms with van der Waals surface area (Å²) in [6.45, 7) is 2.03. The fourth-order valence-corrected chi connectivity index (χ4v) is 5.37. The Morgan fingerprint density at radius 1 is 1.00 bits per heavy atom. The summed E-state index contributed by atoms with van der Waals surface area (Å²) in [5.74, 6) is -0.242. The number of hydrogen-bond acceptors (Lipinski definition) is 4. The Labute approximate surface area is 166 Å². The molecule has 2 aliphatic rings. The highest BCUT2D eigenvalue weighted by Gasteiger charge is 2.38. The second-order valence-corrected chi connectivity index (χ2v) is 9.78. The monoisotopic (exact) mass is 407 g/mol. The van der Waals surface area contributed by atoms with Gasteiger partial charge in [-0.3, -0.25) is 9.59 Å². The molecule has 7 nitrogen and oxygen atoms in total. The molecule has 1 aromatic carbocycles. The Bertz CT molecular complexity index is 789. The van der Waals surface area contributed by atoms with Gasteiger partial charge in [0.1, 0.15) is 6.04 Å². The molecule has 0 spiro atoms. The molecule has 1 saturated heterocycles. The van der Waals surface area contributed by atoms with E-state index in [1.54, 1.807) is 19.1 Å². The number of benzene rings is 1. The average Bonchev–Trinajstić information content (AvgIpc) is 3.21. The van der Waals surface area contributed by atoms with E-state index in [-0.39, 0.29) is 29.7 Å². The lowest BCUT2D eigenvalue weighted by Crippen LogP contribution is -2.50. The van der Waals surface area contributed by atoms with Gasteiger partial charge in [-0.25, -0.2) is 8.42 Å². The predicted octanol–water partition coefficient (Wildman–Crippen LogP) is 1.66. The average molecular weight is 408 g/mol. The fourth-order valence-electron chi connectivity index (χ4n) is 4.04. The number of nitrogens with one attached hydrogen (secondary N) is 2. The SMILES string of the molecule is CCS(=O)(=O)N1CCC[C@@H]1C(=O)NC1CCC(NC(=O)c2ccccc2)CC1. The minimum Gasteiger partial charge on any atom is -0.352 e. The van der Waals surface area contributed by atoms with E-state index in [1.807, 2.05) is 18.2 Å². The maximum Gasteiger partial charge on any atom is 0.251 e. The van der Waals surface area contributed by atoms with Crippen LogP contribution in [0.15, 0.2) is 30.3 Å². The first-order valence-corrected chi connectivity index (χ1v) is 11.7. The van der Waals surface area contributed by atoms with Gasteiger partial charge in [-0.1, -0.05) is 18.2 Å². The van der Waals surface area contributed by atoms with Crippen LogP contribution >= 0.6 is 0 Å². The van der Waals surface area contributed by atoms with Gasteiger partial charge >= 0.3 is 0 Å². The van der Waals surface area contributed by atoms with Crippen LogP contribution in [0.5, 0.6) is 0 Å². The van der Waals surface area contributed by atoms with Crippen molar-refractivity contribution in [3.63, 3.8) is 0 Å². The van der Waals surface area contributed by atoms with Gasteiger partial charge in [0.2, 0.25) is 15.9 Å². The van der Waals surface area contributed by atoms with E-state index >= 15 is 0 Å². The maximum absolute atomic E-state index is 12.6. The molecule has 0 bridgehead atoms. The molecule has 8 heteroatoms. The van der Waals surface area contributed by atoms with Crippen LogP contribution in [0, 0.1) is 0 Å². The molecule has 0 unspecified atom stereocenters. The molecular weight excluding hydrogens is 378 g/mol. The number of hydrogen-bond donors (Lipinski definition) is 2. The molecule has 2 fully saturated rings. The van der Waals surface area contributed by atoms with Crippen molar-refractivity contribution in [2.45, 2.75) is 63.6 Å². The minimum atomic E-state index is -3.36. The zero-order chi connectivity index (χ0) is 20.1. The highest BCUT2D eigenvalue weighted by molar-refractivity contribution is 7.89. The quantitative estimate of drug-likeness (QED) is 0.750.